The number of ether oxygens (including phenoxy) is 1. The van der Waals surface area contributed by atoms with Gasteiger partial charge >= 0.3 is 0 Å². The van der Waals surface area contributed by atoms with Crippen LogP contribution >= 0.6 is 0 Å². The lowest BCUT2D eigenvalue weighted by atomic mass is 9.83. The van der Waals surface area contributed by atoms with Gasteiger partial charge in [-0.1, -0.05) is 32.6 Å². The molecule has 1 saturated heterocycles. The second-order valence-electron chi connectivity index (χ2n) is 4.01. The van der Waals surface area contributed by atoms with Gasteiger partial charge in [-0.25, -0.2) is 0 Å². The highest BCUT2D eigenvalue weighted by Gasteiger charge is 2.34. The first-order chi connectivity index (χ1) is 6.33. The van der Waals surface area contributed by atoms with Gasteiger partial charge in [-0.15, -0.1) is 0 Å². The number of hydrogen-bond acceptors (Lipinski definition) is 2. The van der Waals surface area contributed by atoms with Crippen molar-refractivity contribution >= 4 is 0 Å². The van der Waals surface area contributed by atoms with E-state index in [1.165, 1.54) is 25.7 Å². The van der Waals surface area contributed by atoms with Gasteiger partial charge in [0, 0.05) is 6.61 Å². The molecule has 2 nitrogen and oxygen atoms in total. The van der Waals surface area contributed by atoms with Gasteiger partial charge in [0.2, 0.25) is 0 Å². The van der Waals surface area contributed by atoms with Crippen molar-refractivity contribution < 1.29 is 4.74 Å². The van der Waals surface area contributed by atoms with Crippen LogP contribution in [0.1, 0.15) is 45.4 Å². The maximum Gasteiger partial charge on any atom is 0.0828 e. The average Bonchev–Trinajstić information content (AvgIpc) is 2.62. The van der Waals surface area contributed by atoms with E-state index in [2.05, 4.69) is 13.0 Å². The molecule has 74 valence electrons. The first-order valence-electron chi connectivity index (χ1n) is 5.32. The molecule has 0 bridgehead atoms. The van der Waals surface area contributed by atoms with Crippen molar-refractivity contribution in [2.24, 2.45) is 5.41 Å². The van der Waals surface area contributed by atoms with Crippen LogP contribution < -0.4 is 0 Å². The fourth-order valence-electron chi connectivity index (χ4n) is 1.84. The number of rotatable bonds is 5. The predicted octanol–water partition coefficient (Wildman–Crippen LogP) is 2.89. The first-order valence-corrected chi connectivity index (χ1v) is 5.32. The lowest BCUT2D eigenvalue weighted by Gasteiger charge is -2.17. The summed E-state index contributed by atoms with van der Waals surface area (Å²) in [4.78, 5) is 0. The van der Waals surface area contributed by atoms with Crippen LogP contribution in [0.15, 0.2) is 0 Å². The Morgan fingerprint density at radius 2 is 2.23 bits per heavy atom. The molecule has 0 aromatic carbocycles. The van der Waals surface area contributed by atoms with Crippen LogP contribution in [0.5, 0.6) is 0 Å². The zero-order chi connectivity index (χ0) is 9.57. The molecular formula is C11H19NO. The molecule has 1 atom stereocenters. The summed E-state index contributed by atoms with van der Waals surface area (Å²) in [6, 6.07) is 2.43. The molecule has 0 aromatic heterocycles. The van der Waals surface area contributed by atoms with Gasteiger partial charge in [0.15, 0.2) is 0 Å². The summed E-state index contributed by atoms with van der Waals surface area (Å²) in [6.07, 6.45) is 6.97. The highest BCUT2D eigenvalue weighted by molar-refractivity contribution is 5.01. The van der Waals surface area contributed by atoms with Gasteiger partial charge in [-0.05, 0) is 12.8 Å². The van der Waals surface area contributed by atoms with Crippen LogP contribution in [0.3, 0.4) is 0 Å². The van der Waals surface area contributed by atoms with Gasteiger partial charge < -0.3 is 4.74 Å². The van der Waals surface area contributed by atoms with Crippen LogP contribution in [0, 0.1) is 16.7 Å². The summed E-state index contributed by atoms with van der Waals surface area (Å²) in [7, 11) is 0. The standard InChI is InChI=1S/C11H19NO/c1-2-3-4-5-6-11(9-12)7-8-13-10-11/h2-8,10H2,1H3. The third kappa shape index (κ3) is 3.00. The minimum atomic E-state index is -0.131. The monoisotopic (exact) mass is 181 g/mol. The van der Waals surface area contributed by atoms with Crippen molar-refractivity contribution in [2.75, 3.05) is 13.2 Å². The van der Waals surface area contributed by atoms with Crippen molar-refractivity contribution in [2.45, 2.75) is 45.4 Å². The third-order valence-corrected chi connectivity index (χ3v) is 2.85. The first kappa shape index (κ1) is 10.5. The van der Waals surface area contributed by atoms with E-state index in [0.717, 1.165) is 19.4 Å². The predicted molar refractivity (Wildman–Crippen MR) is 52.2 cm³/mol. The van der Waals surface area contributed by atoms with Crippen molar-refractivity contribution in [3.05, 3.63) is 0 Å². The summed E-state index contributed by atoms with van der Waals surface area (Å²) >= 11 is 0. The lowest BCUT2D eigenvalue weighted by molar-refractivity contribution is 0.167. The van der Waals surface area contributed by atoms with E-state index in [0.29, 0.717) is 6.61 Å². The summed E-state index contributed by atoms with van der Waals surface area (Å²) < 4.78 is 5.29. The van der Waals surface area contributed by atoms with E-state index in [-0.39, 0.29) is 5.41 Å². The fraction of sp³-hybridized carbons (Fsp3) is 0.909. The van der Waals surface area contributed by atoms with E-state index >= 15 is 0 Å². The van der Waals surface area contributed by atoms with Crippen molar-refractivity contribution in [1.29, 1.82) is 5.26 Å². The van der Waals surface area contributed by atoms with Gasteiger partial charge in [0.1, 0.15) is 0 Å². The highest BCUT2D eigenvalue weighted by atomic mass is 16.5. The van der Waals surface area contributed by atoms with Crippen molar-refractivity contribution in [1.82, 2.24) is 0 Å². The van der Waals surface area contributed by atoms with E-state index in [1.807, 2.05) is 0 Å². The van der Waals surface area contributed by atoms with Gasteiger partial charge in [0.25, 0.3) is 0 Å². The van der Waals surface area contributed by atoms with E-state index in [9.17, 15) is 0 Å². The molecule has 1 aliphatic heterocycles. The topological polar surface area (TPSA) is 33.0 Å². The molecule has 1 aliphatic rings. The maximum absolute atomic E-state index is 9.04. The normalized spacial score (nSPS) is 27.4. The second kappa shape index (κ2) is 5.24. The van der Waals surface area contributed by atoms with Crippen LogP contribution in [0.2, 0.25) is 0 Å². The molecule has 2 heteroatoms. The zero-order valence-electron chi connectivity index (χ0n) is 8.51. The second-order valence-corrected chi connectivity index (χ2v) is 4.01. The number of unbranched alkanes of at least 4 members (excludes halogenated alkanes) is 3. The Balaban J connectivity index is 2.21. The number of nitrogens with zero attached hydrogens (tertiary/aromatic N) is 1. The summed E-state index contributed by atoms with van der Waals surface area (Å²) in [5.74, 6) is 0. The fourth-order valence-corrected chi connectivity index (χ4v) is 1.84. The number of nitriles is 1. The van der Waals surface area contributed by atoms with Crippen LogP contribution in [0.4, 0.5) is 0 Å². The van der Waals surface area contributed by atoms with Crippen LogP contribution in [-0.4, -0.2) is 13.2 Å². The van der Waals surface area contributed by atoms with E-state index < -0.39 is 0 Å². The Morgan fingerprint density at radius 3 is 2.77 bits per heavy atom. The molecule has 1 unspecified atom stereocenters. The Morgan fingerprint density at radius 1 is 1.38 bits per heavy atom. The molecule has 0 amide bonds. The summed E-state index contributed by atoms with van der Waals surface area (Å²) in [5, 5.41) is 9.04. The smallest absolute Gasteiger partial charge is 0.0828 e. The quantitative estimate of drug-likeness (QED) is 0.611. The Hall–Kier alpha value is -0.550. The van der Waals surface area contributed by atoms with Crippen molar-refractivity contribution in [3.63, 3.8) is 0 Å². The molecule has 0 saturated carbocycles. The van der Waals surface area contributed by atoms with Gasteiger partial charge in [-0.2, -0.15) is 5.26 Å². The highest BCUT2D eigenvalue weighted by Crippen LogP contribution is 2.33. The molecule has 0 aromatic rings. The minimum absolute atomic E-state index is 0.131. The molecule has 13 heavy (non-hydrogen) atoms. The zero-order valence-corrected chi connectivity index (χ0v) is 8.51. The lowest BCUT2D eigenvalue weighted by Crippen LogP contribution is -2.18. The minimum Gasteiger partial charge on any atom is -0.380 e. The molecule has 0 radical (unpaired) electrons. The average molecular weight is 181 g/mol. The van der Waals surface area contributed by atoms with Crippen LogP contribution in [-0.2, 0) is 4.74 Å². The Labute approximate surface area is 80.9 Å². The van der Waals surface area contributed by atoms with Crippen LogP contribution in [0.25, 0.3) is 0 Å². The molecular weight excluding hydrogens is 162 g/mol. The summed E-state index contributed by atoms with van der Waals surface area (Å²) in [6.45, 7) is 3.65. The van der Waals surface area contributed by atoms with E-state index in [1.54, 1.807) is 0 Å². The SMILES string of the molecule is CCCCCCC1(C#N)CCOC1. The Kier molecular flexibility index (Phi) is 4.24. The molecule has 0 N–H and O–H groups in total. The maximum atomic E-state index is 9.04. The molecule has 1 rings (SSSR count). The van der Waals surface area contributed by atoms with E-state index in [4.69, 9.17) is 10.00 Å². The Bertz CT molecular complexity index is 177. The molecule has 1 fully saturated rings. The molecule has 0 aliphatic carbocycles. The third-order valence-electron chi connectivity index (χ3n) is 2.85. The van der Waals surface area contributed by atoms with Crippen molar-refractivity contribution in [3.8, 4) is 6.07 Å². The number of hydrogen-bond donors (Lipinski definition) is 0. The van der Waals surface area contributed by atoms with Gasteiger partial charge in [0.05, 0.1) is 18.1 Å². The molecule has 0 spiro atoms. The summed E-state index contributed by atoms with van der Waals surface area (Å²) in [5.41, 5.74) is -0.131. The van der Waals surface area contributed by atoms with Gasteiger partial charge in [-0.3, -0.25) is 0 Å². The largest absolute Gasteiger partial charge is 0.380 e. The molecule has 1 heterocycles.